The number of benzene rings is 1. The highest BCUT2D eigenvalue weighted by Crippen LogP contribution is 2.57. The Balaban J connectivity index is 1.55. The monoisotopic (exact) mass is 446 g/mol. The van der Waals surface area contributed by atoms with Gasteiger partial charge < -0.3 is 15.8 Å². The first-order valence-electron chi connectivity index (χ1n) is 10.8. The third kappa shape index (κ3) is 4.13. The van der Waals surface area contributed by atoms with Crippen molar-refractivity contribution in [2.24, 2.45) is 17.6 Å². The van der Waals surface area contributed by atoms with Gasteiger partial charge in [-0.15, -0.1) is 0 Å². The van der Waals surface area contributed by atoms with Gasteiger partial charge in [0.25, 0.3) is 5.91 Å². The van der Waals surface area contributed by atoms with E-state index in [1.807, 2.05) is 13.8 Å². The number of esters is 1. The van der Waals surface area contributed by atoms with Gasteiger partial charge in [0.15, 0.2) is 11.5 Å². The Bertz CT molecular complexity index is 1080. The van der Waals surface area contributed by atoms with Crippen LogP contribution in [0, 0.1) is 23.5 Å². The van der Waals surface area contributed by atoms with E-state index >= 15 is 0 Å². The van der Waals surface area contributed by atoms with Crippen molar-refractivity contribution < 1.29 is 23.1 Å². The maximum Gasteiger partial charge on any atom is 0.323 e. The average molecular weight is 446 g/mol. The first-order chi connectivity index (χ1) is 15.0. The quantitative estimate of drug-likeness (QED) is 0.638. The van der Waals surface area contributed by atoms with E-state index in [-0.39, 0.29) is 29.8 Å². The third-order valence-corrected chi connectivity index (χ3v) is 6.13. The summed E-state index contributed by atoms with van der Waals surface area (Å²) in [5.74, 6) is -1.78. The Morgan fingerprint density at radius 1 is 1.34 bits per heavy atom. The highest BCUT2D eigenvalue weighted by atomic mass is 19.1. The predicted octanol–water partition coefficient (Wildman–Crippen LogP) is 2.85. The summed E-state index contributed by atoms with van der Waals surface area (Å²) in [5.41, 5.74) is 6.88. The van der Waals surface area contributed by atoms with Crippen LogP contribution in [0.15, 0.2) is 18.2 Å². The number of nitrogens with one attached hydrogen (secondary N) is 1. The topological polar surface area (TPSA) is 99.2 Å². The number of nitrogens with zero attached hydrogens (tertiary/aromatic N) is 2. The molecule has 0 spiro atoms. The van der Waals surface area contributed by atoms with Crippen molar-refractivity contribution in [3.05, 3.63) is 46.8 Å². The molecule has 7 nitrogen and oxygen atoms in total. The van der Waals surface area contributed by atoms with Crippen molar-refractivity contribution in [2.75, 3.05) is 6.61 Å². The van der Waals surface area contributed by atoms with Crippen LogP contribution in [0.5, 0.6) is 0 Å². The zero-order valence-electron chi connectivity index (χ0n) is 18.6. The molecular weight excluding hydrogens is 418 g/mol. The molecule has 32 heavy (non-hydrogen) atoms. The number of hydrogen-bond acceptors (Lipinski definition) is 5. The number of carbonyl (C=O) groups is 2. The fourth-order valence-corrected chi connectivity index (χ4v) is 4.16. The Hall–Kier alpha value is -2.81. The highest BCUT2D eigenvalue weighted by Gasteiger charge is 2.50. The van der Waals surface area contributed by atoms with Gasteiger partial charge in [-0.25, -0.2) is 13.5 Å². The molecule has 3 N–H and O–H groups in total. The van der Waals surface area contributed by atoms with Gasteiger partial charge in [0.2, 0.25) is 0 Å². The summed E-state index contributed by atoms with van der Waals surface area (Å²) in [6, 6.07) is 2.57. The third-order valence-electron chi connectivity index (χ3n) is 6.13. The molecule has 1 fully saturated rings. The number of carbonyl (C=O) groups excluding carboxylic acids is 2. The van der Waals surface area contributed by atoms with E-state index in [9.17, 15) is 18.4 Å². The van der Waals surface area contributed by atoms with E-state index < -0.39 is 35.1 Å². The Kier molecular flexibility index (Phi) is 5.56. The number of nitrogens with two attached hydrogens (primary N) is 1. The minimum Gasteiger partial charge on any atom is -0.462 e. The molecule has 4 rings (SSSR count). The van der Waals surface area contributed by atoms with E-state index in [0.29, 0.717) is 12.3 Å². The van der Waals surface area contributed by atoms with E-state index in [4.69, 9.17) is 10.5 Å². The van der Waals surface area contributed by atoms with Gasteiger partial charge in [-0.1, -0.05) is 13.8 Å². The second-order valence-corrected chi connectivity index (χ2v) is 9.74. The minimum atomic E-state index is -0.872. The van der Waals surface area contributed by atoms with Crippen LogP contribution >= 0.6 is 0 Å². The molecule has 0 saturated heterocycles. The molecule has 2 aliphatic carbocycles. The van der Waals surface area contributed by atoms with Crippen molar-refractivity contribution in [1.29, 1.82) is 0 Å². The van der Waals surface area contributed by atoms with E-state index in [0.717, 1.165) is 23.7 Å². The number of ether oxygens (including phenoxy) is 1. The van der Waals surface area contributed by atoms with Gasteiger partial charge in [0, 0.05) is 17.5 Å². The van der Waals surface area contributed by atoms with E-state index in [2.05, 4.69) is 10.4 Å². The summed E-state index contributed by atoms with van der Waals surface area (Å²) >= 11 is 0. The molecule has 1 aromatic heterocycles. The number of rotatable bonds is 7. The van der Waals surface area contributed by atoms with Gasteiger partial charge in [-0.3, -0.25) is 9.59 Å². The van der Waals surface area contributed by atoms with Crippen molar-refractivity contribution in [3.8, 4) is 5.69 Å². The van der Waals surface area contributed by atoms with Crippen LogP contribution in [-0.2, 0) is 16.0 Å². The lowest BCUT2D eigenvalue weighted by molar-refractivity contribution is -0.148. The van der Waals surface area contributed by atoms with Gasteiger partial charge in [0.1, 0.15) is 24.2 Å². The molecule has 0 bridgehead atoms. The lowest BCUT2D eigenvalue weighted by Gasteiger charge is -2.26. The number of hydrogen-bond donors (Lipinski definition) is 2. The lowest BCUT2D eigenvalue weighted by Crippen LogP contribution is -2.49. The van der Waals surface area contributed by atoms with Crippen molar-refractivity contribution >= 4 is 11.9 Å². The number of halogens is 2. The second kappa shape index (κ2) is 7.95. The van der Waals surface area contributed by atoms with E-state index in [1.54, 1.807) is 13.8 Å². The average Bonchev–Trinajstić information content (AvgIpc) is 3.21. The minimum absolute atomic E-state index is 0.0568. The molecule has 2 aromatic rings. The molecule has 1 heterocycles. The van der Waals surface area contributed by atoms with Crippen molar-refractivity contribution in [3.63, 3.8) is 0 Å². The number of fused-ring (bicyclic) bond motifs is 3. The van der Waals surface area contributed by atoms with Crippen LogP contribution in [0.1, 0.15) is 61.8 Å². The first kappa shape index (κ1) is 22.4. The smallest absolute Gasteiger partial charge is 0.323 e. The van der Waals surface area contributed by atoms with Crippen LogP contribution in [-0.4, -0.2) is 39.8 Å². The fraction of sp³-hybridized carbons (Fsp3) is 0.522. The standard InChI is InChI=1S/C23H28F2N4O3/c1-11(2)18(26)22(31)32-10-23(3,4)27-21(30)19-15-8-12-7-14(12)20(15)29(28-19)17-6-5-13(24)9-16(17)25/h5-6,9,11-12,14,18H,7-8,10,26H2,1-4H3,(H,27,30)/t12-,14-,18+/m1/s1. The van der Waals surface area contributed by atoms with Crippen LogP contribution in [0.4, 0.5) is 8.78 Å². The van der Waals surface area contributed by atoms with Gasteiger partial charge in [-0.2, -0.15) is 5.10 Å². The van der Waals surface area contributed by atoms with Crippen LogP contribution in [0.25, 0.3) is 5.69 Å². The number of amides is 1. The Morgan fingerprint density at radius 2 is 2.06 bits per heavy atom. The predicted molar refractivity (Wildman–Crippen MR) is 113 cm³/mol. The van der Waals surface area contributed by atoms with Gasteiger partial charge in [0.05, 0.1) is 11.2 Å². The van der Waals surface area contributed by atoms with Crippen LogP contribution < -0.4 is 11.1 Å². The number of aromatic nitrogens is 2. The largest absolute Gasteiger partial charge is 0.462 e. The molecule has 1 aromatic carbocycles. The molecule has 9 heteroatoms. The van der Waals surface area contributed by atoms with Crippen LogP contribution in [0.2, 0.25) is 0 Å². The van der Waals surface area contributed by atoms with E-state index in [1.165, 1.54) is 16.8 Å². The molecule has 0 unspecified atom stereocenters. The Labute approximate surface area is 185 Å². The molecule has 0 aliphatic heterocycles. The molecule has 1 amide bonds. The summed E-state index contributed by atoms with van der Waals surface area (Å²) < 4.78 is 34.6. The highest BCUT2D eigenvalue weighted by molar-refractivity contribution is 5.95. The van der Waals surface area contributed by atoms with Crippen LogP contribution in [0.3, 0.4) is 0 Å². The first-order valence-corrected chi connectivity index (χ1v) is 10.8. The summed E-state index contributed by atoms with van der Waals surface area (Å²) in [4.78, 5) is 25.2. The normalized spacial score (nSPS) is 20.0. The van der Waals surface area contributed by atoms with Gasteiger partial charge in [-0.05, 0) is 50.7 Å². The lowest BCUT2D eigenvalue weighted by atomic mass is 10.0. The second-order valence-electron chi connectivity index (χ2n) is 9.74. The maximum atomic E-state index is 14.5. The Morgan fingerprint density at radius 3 is 2.72 bits per heavy atom. The van der Waals surface area contributed by atoms with Gasteiger partial charge >= 0.3 is 5.97 Å². The summed E-state index contributed by atoms with van der Waals surface area (Å²) in [6.07, 6.45) is 1.67. The maximum absolute atomic E-state index is 14.5. The zero-order chi connectivity index (χ0) is 23.4. The molecule has 3 atom stereocenters. The zero-order valence-corrected chi connectivity index (χ0v) is 18.6. The van der Waals surface area contributed by atoms with Crippen molar-refractivity contribution in [2.45, 2.75) is 58.0 Å². The fourth-order valence-electron chi connectivity index (χ4n) is 4.16. The summed E-state index contributed by atoms with van der Waals surface area (Å²) in [7, 11) is 0. The molecule has 0 radical (unpaired) electrons. The summed E-state index contributed by atoms with van der Waals surface area (Å²) in [6.45, 7) is 7.05. The SMILES string of the molecule is CC(C)[C@H](N)C(=O)OCC(C)(C)NC(=O)c1nn(-c2ccc(F)cc2F)c2c1C[C@H]1C[C@@H]21. The molecular formula is C23H28F2N4O3. The van der Waals surface area contributed by atoms with Crippen molar-refractivity contribution in [1.82, 2.24) is 15.1 Å². The molecule has 172 valence electrons. The molecule has 1 saturated carbocycles. The summed E-state index contributed by atoms with van der Waals surface area (Å²) in [5, 5.41) is 7.27. The molecule has 2 aliphatic rings.